The smallest absolute Gasteiger partial charge is 0.309 e. The zero-order chi connectivity index (χ0) is 26.5. The Balaban J connectivity index is 1.51. The highest BCUT2D eigenvalue weighted by Gasteiger charge is 2.38. The van der Waals surface area contributed by atoms with Gasteiger partial charge in [0.05, 0.1) is 27.9 Å². The van der Waals surface area contributed by atoms with Gasteiger partial charge in [-0.2, -0.15) is 9.78 Å². The number of halogens is 1. The van der Waals surface area contributed by atoms with Crippen molar-refractivity contribution < 1.29 is 19.4 Å². The molecule has 3 aliphatic rings. The first-order valence-electron chi connectivity index (χ1n) is 13.5. The van der Waals surface area contributed by atoms with Crippen molar-refractivity contribution >= 4 is 29.1 Å². The van der Waals surface area contributed by atoms with Crippen LogP contribution in [-0.4, -0.2) is 39.0 Å². The normalized spacial score (nSPS) is 23.8. The second-order valence-electron chi connectivity index (χ2n) is 12.3. The summed E-state index contributed by atoms with van der Waals surface area (Å²) in [7, 11) is 0. The average Bonchev–Trinajstić information content (AvgIpc) is 3.63. The molecule has 0 amide bonds. The monoisotopic (exact) mass is 524 g/mol. The predicted molar refractivity (Wildman–Crippen MR) is 144 cm³/mol. The number of rotatable bonds is 5. The van der Waals surface area contributed by atoms with Gasteiger partial charge in [0.1, 0.15) is 5.60 Å². The number of esters is 1. The van der Waals surface area contributed by atoms with E-state index in [1.807, 2.05) is 32.9 Å². The van der Waals surface area contributed by atoms with Crippen LogP contribution in [0.4, 0.5) is 0 Å². The molecule has 1 saturated carbocycles. The zero-order valence-electron chi connectivity index (χ0n) is 22.3. The summed E-state index contributed by atoms with van der Waals surface area (Å²) in [5.74, 6) is -0.141. The maximum Gasteiger partial charge on any atom is 0.309 e. The number of hydrogen-bond donors (Lipinski definition) is 1. The third-order valence-corrected chi connectivity index (χ3v) is 8.28. The van der Waals surface area contributed by atoms with E-state index < -0.39 is 5.60 Å². The van der Waals surface area contributed by atoms with Crippen LogP contribution in [0.1, 0.15) is 105 Å². The van der Waals surface area contributed by atoms with Gasteiger partial charge in [-0.25, -0.2) is 0 Å². The van der Waals surface area contributed by atoms with Gasteiger partial charge >= 0.3 is 5.97 Å². The topological polar surface area (TPSA) is 81.4 Å². The van der Waals surface area contributed by atoms with Gasteiger partial charge in [0.15, 0.2) is 0 Å². The molecule has 2 unspecified atom stereocenters. The van der Waals surface area contributed by atoms with Gasteiger partial charge in [0.2, 0.25) is 0 Å². The fourth-order valence-electron chi connectivity index (χ4n) is 5.67. The molecule has 37 heavy (non-hydrogen) atoms. The maximum absolute atomic E-state index is 14.0. The Labute approximate surface area is 224 Å². The van der Waals surface area contributed by atoms with E-state index in [9.17, 15) is 14.7 Å². The van der Waals surface area contributed by atoms with Crippen LogP contribution in [0.15, 0.2) is 24.3 Å². The molecule has 1 N–H and O–H groups in total. The first-order valence-corrected chi connectivity index (χ1v) is 13.8. The minimum atomic E-state index is -0.503. The summed E-state index contributed by atoms with van der Waals surface area (Å²) < 4.78 is 7.17. The van der Waals surface area contributed by atoms with Crippen molar-refractivity contribution in [1.29, 1.82) is 0 Å². The van der Waals surface area contributed by atoms with Crippen molar-refractivity contribution in [2.24, 2.45) is 11.3 Å². The number of ether oxygens (including phenoxy) is 1. The van der Waals surface area contributed by atoms with E-state index in [1.165, 1.54) is 0 Å². The first kappa shape index (κ1) is 26.2. The Hall–Kier alpha value is -2.44. The van der Waals surface area contributed by atoms with Crippen molar-refractivity contribution in [3.8, 4) is 0 Å². The standard InChI is InChI=1S/C30H37ClN2O4/c1-29(2,3)37-28(36)20-12-10-19(11-13-20)26-22-14-15-30(4,17-34)16-24(22)33(32-26)27(35)25-21(18-8-9-18)6-5-7-23(25)31/h5-7,10,18,20,34H,8-9,11-17H2,1-4H3. The fraction of sp³-hybridized carbons (Fsp3) is 0.567. The van der Waals surface area contributed by atoms with E-state index in [0.717, 1.165) is 53.8 Å². The first-order chi connectivity index (χ1) is 17.5. The Morgan fingerprint density at radius 1 is 1.22 bits per heavy atom. The summed E-state index contributed by atoms with van der Waals surface area (Å²) in [5.41, 5.74) is 4.63. The van der Waals surface area contributed by atoms with Gasteiger partial charge in [-0.05, 0) is 101 Å². The molecular weight excluding hydrogens is 488 g/mol. The minimum absolute atomic E-state index is 0.0564. The van der Waals surface area contributed by atoms with Crippen LogP contribution < -0.4 is 0 Å². The molecule has 0 spiro atoms. The van der Waals surface area contributed by atoms with Crippen LogP contribution in [0.2, 0.25) is 5.02 Å². The number of benzene rings is 1. The molecule has 0 radical (unpaired) electrons. The fourth-order valence-corrected chi connectivity index (χ4v) is 5.93. The molecule has 2 aromatic rings. The van der Waals surface area contributed by atoms with E-state index in [1.54, 1.807) is 10.7 Å². The van der Waals surface area contributed by atoms with Gasteiger partial charge in [-0.1, -0.05) is 36.7 Å². The lowest BCUT2D eigenvalue weighted by Gasteiger charge is -2.32. The number of nitrogens with zero attached hydrogens (tertiary/aromatic N) is 2. The van der Waals surface area contributed by atoms with E-state index >= 15 is 0 Å². The summed E-state index contributed by atoms with van der Waals surface area (Å²) in [5, 5.41) is 15.5. The molecule has 2 atom stereocenters. The molecule has 1 aromatic heterocycles. The third-order valence-electron chi connectivity index (χ3n) is 7.97. The number of aliphatic hydroxyl groups is 1. The van der Waals surface area contributed by atoms with Crippen LogP contribution in [0.5, 0.6) is 0 Å². The van der Waals surface area contributed by atoms with E-state index in [4.69, 9.17) is 21.4 Å². The van der Waals surface area contributed by atoms with Crippen molar-refractivity contribution in [1.82, 2.24) is 9.78 Å². The van der Waals surface area contributed by atoms with Crippen molar-refractivity contribution in [2.75, 3.05) is 6.61 Å². The Morgan fingerprint density at radius 2 is 1.97 bits per heavy atom. The predicted octanol–water partition coefficient (Wildman–Crippen LogP) is 6.11. The van der Waals surface area contributed by atoms with Gasteiger partial charge < -0.3 is 9.84 Å². The van der Waals surface area contributed by atoms with E-state index in [-0.39, 0.29) is 29.8 Å². The van der Waals surface area contributed by atoms with Gasteiger partial charge in [-0.3, -0.25) is 9.59 Å². The molecule has 7 heteroatoms. The van der Waals surface area contributed by atoms with E-state index in [0.29, 0.717) is 42.2 Å². The Bertz CT molecular complexity index is 1270. The molecule has 0 saturated heterocycles. The van der Waals surface area contributed by atoms with Crippen molar-refractivity contribution in [3.63, 3.8) is 0 Å². The molecule has 3 aliphatic carbocycles. The largest absolute Gasteiger partial charge is 0.460 e. The number of aliphatic hydroxyl groups excluding tert-OH is 1. The van der Waals surface area contributed by atoms with Crippen LogP contribution in [0.3, 0.4) is 0 Å². The third kappa shape index (κ3) is 5.28. The summed E-state index contributed by atoms with van der Waals surface area (Å²) in [6.45, 7) is 7.78. The highest BCUT2D eigenvalue weighted by Crippen LogP contribution is 2.44. The van der Waals surface area contributed by atoms with Crippen LogP contribution in [0, 0.1) is 11.3 Å². The molecule has 1 heterocycles. The van der Waals surface area contributed by atoms with Crippen LogP contribution >= 0.6 is 11.6 Å². The van der Waals surface area contributed by atoms with Crippen molar-refractivity contribution in [2.45, 2.75) is 90.6 Å². The molecule has 0 bridgehead atoms. The lowest BCUT2D eigenvalue weighted by molar-refractivity contribution is -0.160. The molecule has 1 aromatic carbocycles. The summed E-state index contributed by atoms with van der Waals surface area (Å²) >= 11 is 6.60. The molecule has 6 nitrogen and oxygen atoms in total. The molecule has 5 rings (SSSR count). The quantitative estimate of drug-likeness (QED) is 0.477. The van der Waals surface area contributed by atoms with Crippen LogP contribution in [0.25, 0.3) is 5.57 Å². The molecule has 0 aliphatic heterocycles. The molecular formula is C30H37ClN2O4. The van der Waals surface area contributed by atoms with Crippen molar-refractivity contribution in [3.05, 3.63) is 57.4 Å². The lowest BCUT2D eigenvalue weighted by Crippen LogP contribution is -2.32. The van der Waals surface area contributed by atoms with Gasteiger partial charge in [0, 0.05) is 12.2 Å². The average molecular weight is 525 g/mol. The maximum atomic E-state index is 14.0. The summed E-state index contributed by atoms with van der Waals surface area (Å²) in [4.78, 5) is 26.7. The van der Waals surface area contributed by atoms with Gasteiger partial charge in [-0.15, -0.1) is 0 Å². The van der Waals surface area contributed by atoms with E-state index in [2.05, 4.69) is 13.0 Å². The van der Waals surface area contributed by atoms with Gasteiger partial charge in [0.25, 0.3) is 5.91 Å². The lowest BCUT2D eigenvalue weighted by atomic mass is 9.74. The number of fused-ring (bicyclic) bond motifs is 1. The number of allylic oxidation sites excluding steroid dienone is 2. The Kier molecular flexibility index (Phi) is 6.86. The summed E-state index contributed by atoms with van der Waals surface area (Å²) in [6, 6.07) is 5.69. The highest BCUT2D eigenvalue weighted by atomic mass is 35.5. The zero-order valence-corrected chi connectivity index (χ0v) is 23.0. The van der Waals surface area contributed by atoms with Crippen LogP contribution in [-0.2, 0) is 22.4 Å². The number of carbonyl (C=O) groups is 2. The number of carbonyl (C=O) groups excluding carboxylic acids is 2. The second kappa shape index (κ2) is 9.70. The molecule has 1 fully saturated rings. The minimum Gasteiger partial charge on any atom is -0.460 e. The highest BCUT2D eigenvalue weighted by molar-refractivity contribution is 6.34. The number of hydrogen-bond acceptors (Lipinski definition) is 5. The Morgan fingerprint density at radius 3 is 2.59 bits per heavy atom. The molecule has 198 valence electrons. The SMILES string of the molecule is CC1(CO)CCc2c(C3=CCC(C(=O)OC(C)(C)C)CC3)nn(C(=O)c3c(Cl)cccc3C3CC3)c2C1. The number of aromatic nitrogens is 2. The summed E-state index contributed by atoms with van der Waals surface area (Å²) in [6.07, 6.45) is 8.39. The second-order valence-corrected chi connectivity index (χ2v) is 12.8.